The highest BCUT2D eigenvalue weighted by molar-refractivity contribution is 7.80. The Hall–Kier alpha value is -2.74. The highest BCUT2D eigenvalue weighted by atomic mass is 32.1. The first-order chi connectivity index (χ1) is 12.3. The van der Waals surface area contributed by atoms with Crippen LogP contribution in [0.1, 0.15) is 22.6 Å². The summed E-state index contributed by atoms with van der Waals surface area (Å²) in [6.07, 6.45) is 1.88. The topological polar surface area (TPSA) is 59.7 Å². The Morgan fingerprint density at radius 2 is 1.77 bits per heavy atom. The average molecular weight is 372 g/mol. The number of benzene rings is 1. The number of hydrogen-bond donors (Lipinski definition) is 2. The molecule has 0 unspecified atom stereocenters. The molecule has 26 heavy (non-hydrogen) atoms. The van der Waals surface area contributed by atoms with Crippen LogP contribution >= 0.6 is 12.2 Å². The maximum absolute atomic E-state index is 13.1. The van der Waals surface area contributed by atoms with Crippen molar-refractivity contribution < 1.29 is 4.39 Å². The Morgan fingerprint density at radius 1 is 1.08 bits per heavy atom. The van der Waals surface area contributed by atoms with Crippen LogP contribution in [0.3, 0.4) is 0 Å². The van der Waals surface area contributed by atoms with Gasteiger partial charge in [0.25, 0.3) is 0 Å². The molecule has 0 amide bonds. The molecule has 2 heterocycles. The van der Waals surface area contributed by atoms with Crippen LogP contribution < -0.4 is 10.6 Å². The molecule has 0 aliphatic heterocycles. The van der Waals surface area contributed by atoms with E-state index in [1.165, 1.54) is 12.1 Å². The van der Waals surface area contributed by atoms with Gasteiger partial charge in [0, 0.05) is 13.2 Å². The van der Waals surface area contributed by atoms with Gasteiger partial charge >= 0.3 is 0 Å². The summed E-state index contributed by atoms with van der Waals surface area (Å²) in [7, 11) is 1.86. The summed E-state index contributed by atoms with van der Waals surface area (Å²) < 4.78 is 16.7. The standard InChI is InChI=1S/C18H21FN6S/c1-11-16(10-24(4)22-11)20-18(26)21-17-12(2)23-25(13(17)3)9-14-5-7-15(19)8-6-14/h5-8,10H,9H2,1-4H3,(H2,20,21,26). The number of thiocarbonyl (C=S) groups is 1. The normalized spacial score (nSPS) is 10.8. The van der Waals surface area contributed by atoms with Gasteiger partial charge in [0.05, 0.1) is 35.0 Å². The van der Waals surface area contributed by atoms with E-state index < -0.39 is 0 Å². The third-order valence-electron chi connectivity index (χ3n) is 4.13. The van der Waals surface area contributed by atoms with Crippen molar-refractivity contribution in [1.82, 2.24) is 19.6 Å². The fourth-order valence-electron chi connectivity index (χ4n) is 2.78. The molecule has 3 rings (SSSR count). The van der Waals surface area contributed by atoms with Crippen LogP contribution in [-0.4, -0.2) is 24.7 Å². The van der Waals surface area contributed by atoms with Gasteiger partial charge in [-0.25, -0.2) is 4.39 Å². The monoisotopic (exact) mass is 372 g/mol. The highest BCUT2D eigenvalue weighted by Crippen LogP contribution is 2.21. The number of aryl methyl sites for hydroxylation is 3. The van der Waals surface area contributed by atoms with Gasteiger partial charge in [-0.1, -0.05) is 12.1 Å². The Morgan fingerprint density at radius 3 is 2.38 bits per heavy atom. The molecule has 0 saturated carbocycles. The lowest BCUT2D eigenvalue weighted by atomic mass is 10.2. The zero-order valence-corrected chi connectivity index (χ0v) is 16.0. The van der Waals surface area contributed by atoms with Crippen molar-refractivity contribution >= 4 is 28.7 Å². The number of halogens is 1. The molecule has 8 heteroatoms. The van der Waals surface area contributed by atoms with Crippen molar-refractivity contribution in [2.45, 2.75) is 27.3 Å². The average Bonchev–Trinajstić information content (AvgIpc) is 3.02. The lowest BCUT2D eigenvalue weighted by Gasteiger charge is -2.10. The van der Waals surface area contributed by atoms with Gasteiger partial charge in [-0.2, -0.15) is 10.2 Å². The third-order valence-corrected chi connectivity index (χ3v) is 4.33. The van der Waals surface area contributed by atoms with Crippen molar-refractivity contribution in [3.8, 4) is 0 Å². The minimum atomic E-state index is -0.244. The summed E-state index contributed by atoms with van der Waals surface area (Å²) in [6, 6.07) is 6.43. The molecule has 0 spiro atoms. The van der Waals surface area contributed by atoms with Gasteiger partial charge in [-0.05, 0) is 50.7 Å². The fourth-order valence-corrected chi connectivity index (χ4v) is 3.00. The van der Waals surface area contributed by atoms with Crippen LogP contribution in [-0.2, 0) is 13.6 Å². The van der Waals surface area contributed by atoms with Gasteiger partial charge in [0.1, 0.15) is 5.82 Å². The third kappa shape index (κ3) is 3.91. The maximum atomic E-state index is 13.1. The first-order valence-electron chi connectivity index (χ1n) is 8.20. The van der Waals surface area contributed by atoms with E-state index in [4.69, 9.17) is 12.2 Å². The Bertz CT molecular complexity index is 941. The maximum Gasteiger partial charge on any atom is 0.175 e. The number of nitrogens with one attached hydrogen (secondary N) is 2. The highest BCUT2D eigenvalue weighted by Gasteiger charge is 2.14. The van der Waals surface area contributed by atoms with E-state index in [2.05, 4.69) is 20.8 Å². The molecule has 0 radical (unpaired) electrons. The number of aromatic nitrogens is 4. The molecule has 1 aromatic carbocycles. The molecule has 0 atom stereocenters. The summed E-state index contributed by atoms with van der Waals surface area (Å²) in [5.74, 6) is -0.244. The second-order valence-electron chi connectivity index (χ2n) is 6.21. The summed E-state index contributed by atoms with van der Waals surface area (Å²) in [5, 5.41) is 15.7. The van der Waals surface area contributed by atoms with Crippen LogP contribution in [0.15, 0.2) is 30.5 Å². The summed E-state index contributed by atoms with van der Waals surface area (Å²) in [5.41, 5.74) is 5.38. The summed E-state index contributed by atoms with van der Waals surface area (Å²) in [6.45, 7) is 6.39. The molecular weight excluding hydrogens is 351 g/mol. The van der Waals surface area contributed by atoms with Crippen molar-refractivity contribution in [3.63, 3.8) is 0 Å². The number of hydrogen-bond acceptors (Lipinski definition) is 3. The van der Waals surface area contributed by atoms with Crippen LogP contribution in [0, 0.1) is 26.6 Å². The fraction of sp³-hybridized carbons (Fsp3) is 0.278. The molecule has 0 bridgehead atoms. The predicted molar refractivity (Wildman–Crippen MR) is 105 cm³/mol. The molecule has 0 fully saturated rings. The molecule has 136 valence electrons. The molecular formula is C18H21FN6S. The van der Waals surface area contributed by atoms with Gasteiger partial charge in [-0.3, -0.25) is 9.36 Å². The number of anilines is 2. The zero-order chi connectivity index (χ0) is 18.8. The summed E-state index contributed by atoms with van der Waals surface area (Å²) in [4.78, 5) is 0. The van der Waals surface area contributed by atoms with E-state index >= 15 is 0 Å². The van der Waals surface area contributed by atoms with Gasteiger partial charge < -0.3 is 10.6 Å². The zero-order valence-electron chi connectivity index (χ0n) is 15.2. The quantitative estimate of drug-likeness (QED) is 0.686. The first kappa shape index (κ1) is 18.1. The van der Waals surface area contributed by atoms with Crippen LogP contribution in [0.4, 0.5) is 15.8 Å². The van der Waals surface area contributed by atoms with E-state index in [9.17, 15) is 4.39 Å². The second-order valence-corrected chi connectivity index (χ2v) is 6.62. The SMILES string of the molecule is Cc1nn(C)cc1NC(=S)Nc1c(C)nn(Cc2ccc(F)cc2)c1C. The van der Waals surface area contributed by atoms with Gasteiger partial charge in [0.2, 0.25) is 0 Å². The lowest BCUT2D eigenvalue weighted by molar-refractivity contribution is 0.622. The van der Waals surface area contributed by atoms with Gasteiger partial charge in [-0.15, -0.1) is 0 Å². The Kier molecular flexibility index (Phi) is 5.03. The van der Waals surface area contributed by atoms with Crippen LogP contribution in [0.2, 0.25) is 0 Å². The van der Waals surface area contributed by atoms with Crippen molar-refractivity contribution in [1.29, 1.82) is 0 Å². The lowest BCUT2D eigenvalue weighted by Crippen LogP contribution is -2.20. The molecule has 6 nitrogen and oxygen atoms in total. The minimum absolute atomic E-state index is 0.244. The van der Waals surface area contributed by atoms with E-state index in [-0.39, 0.29) is 5.82 Å². The van der Waals surface area contributed by atoms with Gasteiger partial charge in [0.15, 0.2) is 5.11 Å². The van der Waals surface area contributed by atoms with E-state index in [0.717, 1.165) is 34.0 Å². The Balaban J connectivity index is 1.74. The molecule has 0 aliphatic carbocycles. The molecule has 2 aromatic heterocycles. The van der Waals surface area contributed by atoms with E-state index in [1.54, 1.807) is 16.8 Å². The second kappa shape index (κ2) is 7.25. The van der Waals surface area contributed by atoms with Crippen LogP contribution in [0.25, 0.3) is 0 Å². The van der Waals surface area contributed by atoms with Crippen molar-refractivity contribution in [2.75, 3.05) is 10.6 Å². The molecule has 3 aromatic rings. The first-order valence-corrected chi connectivity index (χ1v) is 8.61. The summed E-state index contributed by atoms with van der Waals surface area (Å²) >= 11 is 5.42. The smallest absolute Gasteiger partial charge is 0.175 e. The minimum Gasteiger partial charge on any atom is -0.330 e. The van der Waals surface area contributed by atoms with E-state index in [1.807, 2.05) is 38.7 Å². The van der Waals surface area contributed by atoms with Crippen molar-refractivity contribution in [3.05, 3.63) is 58.9 Å². The number of nitrogens with zero attached hydrogens (tertiary/aromatic N) is 4. The van der Waals surface area contributed by atoms with E-state index in [0.29, 0.717) is 11.7 Å². The molecule has 2 N–H and O–H groups in total. The molecule has 0 saturated heterocycles. The Labute approximate surface area is 157 Å². The molecule has 0 aliphatic rings. The predicted octanol–water partition coefficient (Wildman–Crippen LogP) is 3.54. The number of rotatable bonds is 4. The largest absolute Gasteiger partial charge is 0.330 e. The van der Waals surface area contributed by atoms with Crippen molar-refractivity contribution in [2.24, 2.45) is 7.05 Å². The van der Waals surface area contributed by atoms with Crippen LogP contribution in [0.5, 0.6) is 0 Å².